The van der Waals surface area contributed by atoms with Crippen LogP contribution in [0, 0.1) is 0 Å². The monoisotopic (exact) mass is 266 g/mol. The average molecular weight is 266 g/mol. The van der Waals surface area contributed by atoms with Gasteiger partial charge in [-0.25, -0.2) is 0 Å². The highest BCUT2D eigenvalue weighted by atomic mass is 16.3. The van der Waals surface area contributed by atoms with E-state index in [4.69, 9.17) is 0 Å². The first-order valence-electron chi connectivity index (χ1n) is 7.73. The van der Waals surface area contributed by atoms with Gasteiger partial charge in [-0.3, -0.25) is 0 Å². The summed E-state index contributed by atoms with van der Waals surface area (Å²) in [5.74, 6) is 1.02. The van der Waals surface area contributed by atoms with Gasteiger partial charge in [-0.15, -0.1) is 0 Å². The summed E-state index contributed by atoms with van der Waals surface area (Å²) >= 11 is 0. The molecule has 0 heterocycles. The third-order valence-electron chi connectivity index (χ3n) is 4.45. The van der Waals surface area contributed by atoms with Crippen LogP contribution >= 0.6 is 0 Å². The summed E-state index contributed by atoms with van der Waals surface area (Å²) in [4.78, 5) is 0. The summed E-state index contributed by atoms with van der Waals surface area (Å²) < 4.78 is 0. The quantitative estimate of drug-likeness (QED) is 0.712. The summed E-state index contributed by atoms with van der Waals surface area (Å²) in [5.41, 5.74) is 3.21. The highest BCUT2D eigenvalue weighted by Crippen LogP contribution is 2.40. The number of rotatable bonds is 2. The second-order valence-corrected chi connectivity index (χ2v) is 5.80. The van der Waals surface area contributed by atoms with Crippen molar-refractivity contribution in [3.8, 4) is 16.9 Å². The van der Waals surface area contributed by atoms with Crippen LogP contribution in [0.3, 0.4) is 0 Å². The zero-order chi connectivity index (χ0) is 13.8. The predicted octanol–water partition coefficient (Wildman–Crippen LogP) is 5.50. The van der Waals surface area contributed by atoms with Gasteiger partial charge in [0, 0.05) is 5.56 Å². The van der Waals surface area contributed by atoms with E-state index < -0.39 is 0 Å². The molecule has 2 aromatic rings. The van der Waals surface area contributed by atoms with E-state index in [1.807, 2.05) is 24.3 Å². The lowest BCUT2D eigenvalue weighted by atomic mass is 9.88. The van der Waals surface area contributed by atoms with Gasteiger partial charge in [-0.05, 0) is 29.9 Å². The molecule has 0 aliphatic heterocycles. The molecule has 0 unspecified atom stereocenters. The van der Waals surface area contributed by atoms with Crippen molar-refractivity contribution in [1.82, 2.24) is 0 Å². The number of hydrogen-bond donors (Lipinski definition) is 1. The number of aromatic hydroxyl groups is 1. The van der Waals surface area contributed by atoms with E-state index in [9.17, 15) is 5.11 Å². The Hall–Kier alpha value is -1.76. The van der Waals surface area contributed by atoms with E-state index in [2.05, 4.69) is 24.3 Å². The molecule has 2 aromatic carbocycles. The fourth-order valence-corrected chi connectivity index (χ4v) is 3.33. The SMILES string of the molecule is Oc1c(-c2ccccc2)cccc1C1CCCCCC1. The summed E-state index contributed by atoms with van der Waals surface area (Å²) in [6, 6.07) is 16.4. The van der Waals surface area contributed by atoms with E-state index in [1.165, 1.54) is 38.5 Å². The van der Waals surface area contributed by atoms with Crippen molar-refractivity contribution in [2.75, 3.05) is 0 Å². The molecule has 1 nitrogen and oxygen atoms in total. The molecule has 1 N–H and O–H groups in total. The Labute approximate surface area is 121 Å². The Morgan fingerprint density at radius 1 is 0.750 bits per heavy atom. The third-order valence-corrected chi connectivity index (χ3v) is 4.45. The fourth-order valence-electron chi connectivity index (χ4n) is 3.33. The Balaban J connectivity index is 1.96. The molecule has 20 heavy (non-hydrogen) atoms. The van der Waals surface area contributed by atoms with Gasteiger partial charge in [0.15, 0.2) is 0 Å². The molecular weight excluding hydrogens is 244 g/mol. The van der Waals surface area contributed by atoms with Gasteiger partial charge in [0.2, 0.25) is 0 Å². The van der Waals surface area contributed by atoms with Crippen LogP contribution in [0.15, 0.2) is 48.5 Å². The van der Waals surface area contributed by atoms with Crippen LogP contribution in [-0.2, 0) is 0 Å². The van der Waals surface area contributed by atoms with Crippen molar-refractivity contribution in [2.24, 2.45) is 0 Å². The third kappa shape index (κ3) is 2.72. The van der Waals surface area contributed by atoms with Crippen LogP contribution in [0.4, 0.5) is 0 Å². The zero-order valence-corrected chi connectivity index (χ0v) is 11.9. The Morgan fingerprint density at radius 2 is 1.45 bits per heavy atom. The zero-order valence-electron chi connectivity index (χ0n) is 11.9. The van der Waals surface area contributed by atoms with Crippen molar-refractivity contribution in [2.45, 2.75) is 44.4 Å². The molecule has 0 radical (unpaired) electrons. The Morgan fingerprint density at radius 3 is 2.15 bits per heavy atom. The number of hydrogen-bond acceptors (Lipinski definition) is 1. The molecule has 1 fully saturated rings. The minimum atomic E-state index is 0.491. The van der Waals surface area contributed by atoms with E-state index >= 15 is 0 Å². The Kier molecular flexibility index (Phi) is 4.05. The molecule has 0 atom stereocenters. The molecule has 3 rings (SSSR count). The Bertz CT molecular complexity index is 551. The van der Waals surface area contributed by atoms with Crippen molar-refractivity contribution in [3.63, 3.8) is 0 Å². The van der Waals surface area contributed by atoms with E-state index in [1.54, 1.807) is 0 Å². The highest BCUT2D eigenvalue weighted by Gasteiger charge is 2.19. The molecule has 1 aliphatic carbocycles. The van der Waals surface area contributed by atoms with Gasteiger partial charge in [0.05, 0.1) is 0 Å². The number of phenolic OH excluding ortho intramolecular Hbond substituents is 1. The van der Waals surface area contributed by atoms with Crippen LogP contribution in [-0.4, -0.2) is 5.11 Å². The van der Waals surface area contributed by atoms with Gasteiger partial charge in [-0.2, -0.15) is 0 Å². The standard InChI is InChI=1S/C19H22O/c20-19-17(15-9-4-1-2-5-10-15)13-8-14-18(19)16-11-6-3-7-12-16/h3,6-8,11-15,20H,1-2,4-5,9-10H2. The van der Waals surface area contributed by atoms with E-state index in [-0.39, 0.29) is 0 Å². The minimum absolute atomic E-state index is 0.491. The predicted molar refractivity (Wildman–Crippen MR) is 84.0 cm³/mol. The number of para-hydroxylation sites is 1. The lowest BCUT2D eigenvalue weighted by Crippen LogP contribution is -1.98. The first kappa shape index (κ1) is 13.2. The number of phenols is 1. The molecule has 1 aliphatic rings. The van der Waals surface area contributed by atoms with Crippen molar-refractivity contribution in [1.29, 1.82) is 0 Å². The summed E-state index contributed by atoms with van der Waals surface area (Å²) in [6.45, 7) is 0. The number of benzene rings is 2. The molecule has 0 bridgehead atoms. The first-order chi connectivity index (χ1) is 9.86. The normalized spacial score (nSPS) is 16.8. The smallest absolute Gasteiger partial charge is 0.126 e. The van der Waals surface area contributed by atoms with E-state index in [0.29, 0.717) is 11.7 Å². The maximum Gasteiger partial charge on any atom is 0.126 e. The van der Waals surface area contributed by atoms with Gasteiger partial charge >= 0.3 is 0 Å². The van der Waals surface area contributed by atoms with Gasteiger partial charge in [-0.1, -0.05) is 74.2 Å². The first-order valence-corrected chi connectivity index (χ1v) is 7.73. The van der Waals surface area contributed by atoms with Crippen molar-refractivity contribution in [3.05, 3.63) is 54.1 Å². The average Bonchev–Trinajstić information content (AvgIpc) is 2.77. The van der Waals surface area contributed by atoms with Gasteiger partial charge in [0.25, 0.3) is 0 Å². The van der Waals surface area contributed by atoms with Crippen LogP contribution in [0.25, 0.3) is 11.1 Å². The summed E-state index contributed by atoms with van der Waals surface area (Å²) in [7, 11) is 0. The second-order valence-electron chi connectivity index (χ2n) is 5.80. The lowest BCUT2D eigenvalue weighted by Gasteiger charge is -2.18. The molecule has 1 heteroatoms. The maximum atomic E-state index is 10.7. The molecule has 0 saturated heterocycles. The molecular formula is C19H22O. The molecule has 0 amide bonds. The van der Waals surface area contributed by atoms with Crippen molar-refractivity contribution >= 4 is 0 Å². The largest absolute Gasteiger partial charge is 0.507 e. The highest BCUT2D eigenvalue weighted by molar-refractivity contribution is 5.72. The maximum absolute atomic E-state index is 10.7. The minimum Gasteiger partial charge on any atom is -0.507 e. The van der Waals surface area contributed by atoms with Crippen LogP contribution in [0.1, 0.15) is 50.0 Å². The van der Waals surface area contributed by atoms with Crippen LogP contribution < -0.4 is 0 Å². The molecule has 0 spiro atoms. The van der Waals surface area contributed by atoms with Crippen LogP contribution in [0.5, 0.6) is 5.75 Å². The molecule has 0 aromatic heterocycles. The van der Waals surface area contributed by atoms with Crippen molar-refractivity contribution < 1.29 is 5.11 Å². The second kappa shape index (κ2) is 6.13. The molecule has 104 valence electrons. The van der Waals surface area contributed by atoms with Gasteiger partial charge < -0.3 is 5.11 Å². The summed E-state index contributed by atoms with van der Waals surface area (Å²) in [6.07, 6.45) is 7.70. The topological polar surface area (TPSA) is 20.2 Å². The van der Waals surface area contributed by atoms with Gasteiger partial charge in [0.1, 0.15) is 5.75 Å². The van der Waals surface area contributed by atoms with Crippen LogP contribution in [0.2, 0.25) is 0 Å². The fraction of sp³-hybridized carbons (Fsp3) is 0.368. The summed E-state index contributed by atoms with van der Waals surface area (Å²) in [5, 5.41) is 10.7. The lowest BCUT2D eigenvalue weighted by molar-refractivity contribution is 0.455. The molecule has 1 saturated carbocycles. The van der Waals surface area contributed by atoms with E-state index in [0.717, 1.165) is 16.7 Å².